The summed E-state index contributed by atoms with van der Waals surface area (Å²) in [5.74, 6) is 0.754. The Labute approximate surface area is 81.7 Å². The van der Waals surface area contributed by atoms with Gasteiger partial charge in [-0.1, -0.05) is 26.7 Å². The zero-order valence-corrected chi connectivity index (χ0v) is 8.97. The zero-order valence-electron chi connectivity index (χ0n) is 8.97. The van der Waals surface area contributed by atoms with Crippen LogP contribution in [0, 0.1) is 5.92 Å². The number of rotatable bonds is 5. The normalized spacial score (nSPS) is 21.2. The molecule has 0 bridgehead atoms. The Morgan fingerprint density at radius 2 is 1.92 bits per heavy atom. The molecule has 1 aliphatic carbocycles. The number of hydrogen-bond donors (Lipinski definition) is 2. The molecule has 0 atom stereocenters. The SMILES string of the molecule is CC(C)CCNC1(CO)CCCC1. The third kappa shape index (κ3) is 3.28. The Morgan fingerprint density at radius 1 is 1.31 bits per heavy atom. The molecule has 0 unspecified atom stereocenters. The van der Waals surface area contributed by atoms with Gasteiger partial charge < -0.3 is 10.4 Å². The van der Waals surface area contributed by atoms with E-state index in [4.69, 9.17) is 0 Å². The van der Waals surface area contributed by atoms with Crippen molar-refractivity contribution in [1.29, 1.82) is 0 Å². The highest BCUT2D eigenvalue weighted by atomic mass is 16.3. The van der Waals surface area contributed by atoms with Crippen LogP contribution in [0.15, 0.2) is 0 Å². The smallest absolute Gasteiger partial charge is 0.0613 e. The van der Waals surface area contributed by atoms with Crippen LogP contribution >= 0.6 is 0 Å². The molecule has 0 heterocycles. The van der Waals surface area contributed by atoms with Crippen molar-refractivity contribution in [3.05, 3.63) is 0 Å². The predicted molar refractivity (Wildman–Crippen MR) is 55.7 cm³/mol. The van der Waals surface area contributed by atoms with Gasteiger partial charge in [-0.25, -0.2) is 0 Å². The average Bonchev–Trinajstić information content (AvgIpc) is 2.53. The van der Waals surface area contributed by atoms with Gasteiger partial charge in [0.1, 0.15) is 0 Å². The van der Waals surface area contributed by atoms with Gasteiger partial charge >= 0.3 is 0 Å². The molecule has 13 heavy (non-hydrogen) atoms. The van der Waals surface area contributed by atoms with Crippen molar-refractivity contribution in [1.82, 2.24) is 5.32 Å². The minimum Gasteiger partial charge on any atom is -0.394 e. The predicted octanol–water partition coefficient (Wildman–Crippen LogP) is 1.93. The molecule has 0 aromatic carbocycles. The van der Waals surface area contributed by atoms with Gasteiger partial charge in [0.25, 0.3) is 0 Å². The molecule has 1 saturated carbocycles. The van der Waals surface area contributed by atoms with Crippen molar-refractivity contribution in [2.75, 3.05) is 13.2 Å². The van der Waals surface area contributed by atoms with Crippen LogP contribution in [0.1, 0.15) is 46.0 Å². The average molecular weight is 185 g/mol. The van der Waals surface area contributed by atoms with Gasteiger partial charge in [-0.15, -0.1) is 0 Å². The standard InChI is InChI=1S/C11H23NO/c1-10(2)5-8-12-11(9-13)6-3-4-7-11/h10,12-13H,3-9H2,1-2H3. The molecule has 2 heteroatoms. The maximum Gasteiger partial charge on any atom is 0.0613 e. The fourth-order valence-corrected chi connectivity index (χ4v) is 2.07. The first-order valence-electron chi connectivity index (χ1n) is 5.54. The fourth-order valence-electron chi connectivity index (χ4n) is 2.07. The first-order chi connectivity index (χ1) is 6.18. The number of hydrogen-bond acceptors (Lipinski definition) is 2. The lowest BCUT2D eigenvalue weighted by molar-refractivity contribution is 0.163. The van der Waals surface area contributed by atoms with Gasteiger partial charge in [0.05, 0.1) is 6.61 Å². The van der Waals surface area contributed by atoms with Crippen LogP contribution in [-0.2, 0) is 0 Å². The molecule has 0 radical (unpaired) electrons. The molecule has 0 aromatic rings. The maximum absolute atomic E-state index is 9.32. The summed E-state index contributed by atoms with van der Waals surface area (Å²) in [5, 5.41) is 12.8. The topological polar surface area (TPSA) is 32.3 Å². The van der Waals surface area contributed by atoms with E-state index in [1.165, 1.54) is 19.3 Å². The van der Waals surface area contributed by atoms with Gasteiger partial charge in [-0.2, -0.15) is 0 Å². The van der Waals surface area contributed by atoms with E-state index < -0.39 is 0 Å². The van der Waals surface area contributed by atoms with Gasteiger partial charge in [0.15, 0.2) is 0 Å². The van der Waals surface area contributed by atoms with Crippen molar-refractivity contribution in [3.63, 3.8) is 0 Å². The van der Waals surface area contributed by atoms with Crippen LogP contribution in [0.25, 0.3) is 0 Å². The maximum atomic E-state index is 9.32. The Hall–Kier alpha value is -0.0800. The summed E-state index contributed by atoms with van der Waals surface area (Å²) in [7, 11) is 0. The Morgan fingerprint density at radius 3 is 2.38 bits per heavy atom. The second kappa shape index (κ2) is 4.97. The molecule has 0 saturated heterocycles. The van der Waals surface area contributed by atoms with Crippen LogP contribution in [0.4, 0.5) is 0 Å². The second-order valence-corrected chi connectivity index (χ2v) is 4.75. The summed E-state index contributed by atoms with van der Waals surface area (Å²) in [6.07, 6.45) is 6.06. The molecule has 1 rings (SSSR count). The monoisotopic (exact) mass is 185 g/mol. The first-order valence-corrected chi connectivity index (χ1v) is 5.54. The van der Waals surface area contributed by atoms with E-state index in [9.17, 15) is 5.11 Å². The van der Waals surface area contributed by atoms with E-state index in [-0.39, 0.29) is 5.54 Å². The largest absolute Gasteiger partial charge is 0.394 e. The van der Waals surface area contributed by atoms with Crippen molar-refractivity contribution in [2.45, 2.75) is 51.5 Å². The van der Waals surface area contributed by atoms with Gasteiger partial charge in [0, 0.05) is 5.54 Å². The molecule has 1 aliphatic rings. The molecule has 0 aromatic heterocycles. The second-order valence-electron chi connectivity index (χ2n) is 4.75. The van der Waals surface area contributed by atoms with E-state index >= 15 is 0 Å². The Kier molecular flexibility index (Phi) is 4.20. The molecule has 78 valence electrons. The summed E-state index contributed by atoms with van der Waals surface area (Å²) in [6.45, 7) is 5.84. The lowest BCUT2D eigenvalue weighted by atomic mass is 9.98. The van der Waals surface area contributed by atoms with Crippen molar-refractivity contribution >= 4 is 0 Å². The van der Waals surface area contributed by atoms with Crippen molar-refractivity contribution in [2.24, 2.45) is 5.92 Å². The van der Waals surface area contributed by atoms with E-state index in [0.717, 1.165) is 25.3 Å². The van der Waals surface area contributed by atoms with Gasteiger partial charge in [-0.05, 0) is 31.7 Å². The quantitative estimate of drug-likeness (QED) is 0.686. The number of aliphatic hydroxyl groups is 1. The number of aliphatic hydroxyl groups excluding tert-OH is 1. The molecule has 1 fully saturated rings. The molecular formula is C11H23NO. The van der Waals surface area contributed by atoms with Crippen molar-refractivity contribution < 1.29 is 5.11 Å². The van der Waals surface area contributed by atoms with Crippen molar-refractivity contribution in [3.8, 4) is 0 Å². The van der Waals surface area contributed by atoms with Crippen LogP contribution in [0.2, 0.25) is 0 Å². The molecule has 2 nitrogen and oxygen atoms in total. The molecule has 0 amide bonds. The van der Waals surface area contributed by atoms with Crippen LogP contribution in [-0.4, -0.2) is 23.8 Å². The summed E-state index contributed by atoms with van der Waals surface area (Å²) in [6, 6.07) is 0. The number of nitrogens with one attached hydrogen (secondary N) is 1. The van der Waals surface area contributed by atoms with E-state index in [1.807, 2.05) is 0 Å². The van der Waals surface area contributed by atoms with Gasteiger partial charge in [0.2, 0.25) is 0 Å². The summed E-state index contributed by atoms with van der Waals surface area (Å²) >= 11 is 0. The Balaban J connectivity index is 2.23. The van der Waals surface area contributed by atoms with E-state index in [2.05, 4.69) is 19.2 Å². The highest BCUT2D eigenvalue weighted by Gasteiger charge is 2.31. The van der Waals surface area contributed by atoms with Crippen LogP contribution in [0.5, 0.6) is 0 Å². The molecule has 0 spiro atoms. The minimum absolute atomic E-state index is 0.0783. The highest BCUT2D eigenvalue weighted by Crippen LogP contribution is 2.28. The zero-order chi connectivity index (χ0) is 9.73. The third-order valence-corrected chi connectivity index (χ3v) is 3.09. The van der Waals surface area contributed by atoms with Crippen LogP contribution < -0.4 is 5.32 Å². The lowest BCUT2D eigenvalue weighted by Crippen LogP contribution is -2.46. The third-order valence-electron chi connectivity index (χ3n) is 3.09. The molecule has 0 aliphatic heterocycles. The van der Waals surface area contributed by atoms with E-state index in [1.54, 1.807) is 0 Å². The lowest BCUT2D eigenvalue weighted by Gasteiger charge is -2.28. The Bertz CT molecular complexity index is 139. The van der Waals surface area contributed by atoms with E-state index in [0.29, 0.717) is 6.61 Å². The highest BCUT2D eigenvalue weighted by molar-refractivity contribution is 4.91. The summed E-state index contributed by atoms with van der Waals surface area (Å²) in [4.78, 5) is 0. The first kappa shape index (κ1) is 11.0. The van der Waals surface area contributed by atoms with Gasteiger partial charge in [-0.3, -0.25) is 0 Å². The minimum atomic E-state index is 0.0783. The summed E-state index contributed by atoms with van der Waals surface area (Å²) < 4.78 is 0. The molecule has 2 N–H and O–H groups in total. The summed E-state index contributed by atoms with van der Waals surface area (Å²) in [5.41, 5.74) is 0.0783. The van der Waals surface area contributed by atoms with Crippen LogP contribution in [0.3, 0.4) is 0 Å². The fraction of sp³-hybridized carbons (Fsp3) is 1.00. The molecular weight excluding hydrogens is 162 g/mol.